The first kappa shape index (κ1) is 10.8. The van der Waals surface area contributed by atoms with E-state index in [1.165, 1.54) is 14.2 Å². The summed E-state index contributed by atoms with van der Waals surface area (Å²) < 4.78 is 9.27. The first-order chi connectivity index (χ1) is 6.70. The lowest BCUT2D eigenvalue weighted by Gasteiger charge is -2.23. The van der Waals surface area contributed by atoms with Gasteiger partial charge < -0.3 is 9.47 Å². The molecule has 0 aromatic carbocycles. The highest BCUT2D eigenvalue weighted by atomic mass is 16.5. The number of hydrogen-bond donors (Lipinski definition) is 0. The SMILES string of the molecule is COC(=O)[C@@H]1CC=CC[C@H]1C(=O)OC. The van der Waals surface area contributed by atoms with Gasteiger partial charge in [-0.2, -0.15) is 0 Å². The van der Waals surface area contributed by atoms with Crippen molar-refractivity contribution in [2.75, 3.05) is 14.2 Å². The number of carbonyl (C=O) groups is 2. The van der Waals surface area contributed by atoms with E-state index in [-0.39, 0.29) is 11.9 Å². The van der Waals surface area contributed by atoms with Crippen molar-refractivity contribution in [3.63, 3.8) is 0 Å². The van der Waals surface area contributed by atoms with Crippen LogP contribution in [0.3, 0.4) is 0 Å². The molecule has 0 bridgehead atoms. The molecule has 0 spiro atoms. The van der Waals surface area contributed by atoms with Crippen LogP contribution in [0.2, 0.25) is 0 Å². The third kappa shape index (κ3) is 2.13. The summed E-state index contributed by atoms with van der Waals surface area (Å²) in [4.78, 5) is 22.7. The summed E-state index contributed by atoms with van der Waals surface area (Å²) in [7, 11) is 2.66. The molecule has 0 saturated carbocycles. The molecule has 4 heteroatoms. The third-order valence-corrected chi connectivity index (χ3v) is 2.44. The molecule has 1 aliphatic rings. The Labute approximate surface area is 82.9 Å². The van der Waals surface area contributed by atoms with Gasteiger partial charge in [-0.15, -0.1) is 0 Å². The van der Waals surface area contributed by atoms with Gasteiger partial charge in [0.15, 0.2) is 0 Å². The van der Waals surface area contributed by atoms with Gasteiger partial charge in [-0.3, -0.25) is 9.59 Å². The van der Waals surface area contributed by atoms with Gasteiger partial charge in [0.1, 0.15) is 0 Å². The number of rotatable bonds is 2. The topological polar surface area (TPSA) is 52.6 Å². The molecule has 0 amide bonds. The van der Waals surface area contributed by atoms with Crippen molar-refractivity contribution < 1.29 is 19.1 Å². The average Bonchev–Trinajstić information content (AvgIpc) is 2.27. The molecule has 0 N–H and O–H groups in total. The van der Waals surface area contributed by atoms with Crippen molar-refractivity contribution in [3.05, 3.63) is 12.2 Å². The molecular weight excluding hydrogens is 184 g/mol. The van der Waals surface area contributed by atoms with Crippen molar-refractivity contribution in [1.29, 1.82) is 0 Å². The average molecular weight is 198 g/mol. The molecular formula is C10H14O4. The molecule has 0 fully saturated rings. The third-order valence-electron chi connectivity index (χ3n) is 2.44. The summed E-state index contributed by atoms with van der Waals surface area (Å²) in [6.07, 6.45) is 4.88. The Bertz CT molecular complexity index is 231. The standard InChI is InChI=1S/C10H14O4/c1-13-9(11)7-5-3-4-6-8(7)10(12)14-2/h3-4,7-8H,5-6H2,1-2H3/t7-,8-/m1/s1. The van der Waals surface area contributed by atoms with Crippen LogP contribution in [0.25, 0.3) is 0 Å². The Morgan fingerprint density at radius 1 is 1.00 bits per heavy atom. The number of ether oxygens (including phenoxy) is 2. The van der Waals surface area contributed by atoms with Gasteiger partial charge in [-0.05, 0) is 12.8 Å². The molecule has 4 nitrogen and oxygen atoms in total. The maximum absolute atomic E-state index is 11.3. The summed E-state index contributed by atoms with van der Waals surface area (Å²) in [6, 6.07) is 0. The summed E-state index contributed by atoms with van der Waals surface area (Å²) in [5.74, 6) is -1.47. The predicted molar refractivity (Wildman–Crippen MR) is 49.4 cm³/mol. The van der Waals surface area contributed by atoms with Crippen molar-refractivity contribution in [1.82, 2.24) is 0 Å². The Morgan fingerprint density at radius 2 is 1.36 bits per heavy atom. The van der Waals surface area contributed by atoms with Crippen LogP contribution in [-0.4, -0.2) is 26.2 Å². The van der Waals surface area contributed by atoms with Crippen LogP contribution >= 0.6 is 0 Å². The molecule has 0 radical (unpaired) electrons. The number of hydrogen-bond acceptors (Lipinski definition) is 4. The van der Waals surface area contributed by atoms with E-state index in [9.17, 15) is 9.59 Å². The molecule has 14 heavy (non-hydrogen) atoms. The fourth-order valence-corrected chi connectivity index (χ4v) is 1.64. The van der Waals surface area contributed by atoms with Crippen molar-refractivity contribution >= 4 is 11.9 Å². The largest absolute Gasteiger partial charge is 0.469 e. The minimum atomic E-state index is -0.391. The second kappa shape index (κ2) is 4.79. The van der Waals surface area contributed by atoms with E-state index in [1.807, 2.05) is 12.2 Å². The van der Waals surface area contributed by atoms with Crippen LogP contribution in [-0.2, 0) is 19.1 Å². The van der Waals surface area contributed by atoms with Gasteiger partial charge in [0.25, 0.3) is 0 Å². The van der Waals surface area contributed by atoms with Gasteiger partial charge in [-0.25, -0.2) is 0 Å². The Morgan fingerprint density at radius 3 is 1.64 bits per heavy atom. The molecule has 0 heterocycles. The van der Waals surface area contributed by atoms with Gasteiger partial charge in [0.2, 0.25) is 0 Å². The first-order valence-electron chi connectivity index (χ1n) is 4.51. The zero-order chi connectivity index (χ0) is 10.6. The highest BCUT2D eigenvalue weighted by Crippen LogP contribution is 2.27. The van der Waals surface area contributed by atoms with Gasteiger partial charge in [-0.1, -0.05) is 12.2 Å². The van der Waals surface area contributed by atoms with Gasteiger partial charge in [0, 0.05) is 0 Å². The second-order valence-electron chi connectivity index (χ2n) is 3.20. The molecule has 2 atom stereocenters. The van der Waals surface area contributed by atoms with Crippen LogP contribution in [0.15, 0.2) is 12.2 Å². The lowest BCUT2D eigenvalue weighted by Crippen LogP contribution is -2.32. The summed E-state index contributed by atoms with van der Waals surface area (Å²) in [6.45, 7) is 0. The maximum atomic E-state index is 11.3. The highest BCUT2D eigenvalue weighted by molar-refractivity contribution is 5.82. The highest BCUT2D eigenvalue weighted by Gasteiger charge is 2.35. The molecule has 0 aromatic rings. The van der Waals surface area contributed by atoms with E-state index < -0.39 is 11.8 Å². The summed E-state index contributed by atoms with van der Waals surface area (Å²) in [5.41, 5.74) is 0. The van der Waals surface area contributed by atoms with Crippen molar-refractivity contribution in [3.8, 4) is 0 Å². The van der Waals surface area contributed by atoms with E-state index in [2.05, 4.69) is 9.47 Å². The fourth-order valence-electron chi connectivity index (χ4n) is 1.64. The van der Waals surface area contributed by atoms with Crippen LogP contribution in [0.4, 0.5) is 0 Å². The Balaban J connectivity index is 2.75. The molecule has 0 saturated heterocycles. The lowest BCUT2D eigenvalue weighted by atomic mass is 9.83. The Hall–Kier alpha value is -1.32. The summed E-state index contributed by atoms with van der Waals surface area (Å²) in [5, 5.41) is 0. The molecule has 0 aliphatic heterocycles. The van der Waals surface area contributed by atoms with E-state index in [0.29, 0.717) is 12.8 Å². The zero-order valence-electron chi connectivity index (χ0n) is 8.36. The molecule has 1 rings (SSSR count). The zero-order valence-corrected chi connectivity index (χ0v) is 8.36. The quantitative estimate of drug-likeness (QED) is 0.489. The van der Waals surface area contributed by atoms with E-state index in [1.54, 1.807) is 0 Å². The smallest absolute Gasteiger partial charge is 0.309 e. The van der Waals surface area contributed by atoms with E-state index in [4.69, 9.17) is 0 Å². The summed E-state index contributed by atoms with van der Waals surface area (Å²) >= 11 is 0. The Kier molecular flexibility index (Phi) is 3.68. The van der Waals surface area contributed by atoms with Crippen LogP contribution in [0.5, 0.6) is 0 Å². The van der Waals surface area contributed by atoms with E-state index in [0.717, 1.165) is 0 Å². The van der Waals surface area contributed by atoms with Gasteiger partial charge >= 0.3 is 11.9 Å². The molecule has 78 valence electrons. The van der Waals surface area contributed by atoms with Crippen LogP contribution in [0, 0.1) is 11.8 Å². The van der Waals surface area contributed by atoms with Crippen molar-refractivity contribution in [2.45, 2.75) is 12.8 Å². The van der Waals surface area contributed by atoms with Gasteiger partial charge in [0.05, 0.1) is 26.1 Å². The lowest BCUT2D eigenvalue weighted by molar-refractivity contribution is -0.157. The predicted octanol–water partition coefficient (Wildman–Crippen LogP) is 0.915. The first-order valence-corrected chi connectivity index (χ1v) is 4.51. The second-order valence-corrected chi connectivity index (χ2v) is 3.20. The van der Waals surface area contributed by atoms with Crippen molar-refractivity contribution in [2.24, 2.45) is 11.8 Å². The van der Waals surface area contributed by atoms with E-state index >= 15 is 0 Å². The number of carbonyl (C=O) groups excluding carboxylic acids is 2. The molecule has 1 aliphatic carbocycles. The minimum absolute atomic E-state index is 0.343. The number of esters is 2. The minimum Gasteiger partial charge on any atom is -0.469 e. The molecule has 0 aromatic heterocycles. The molecule has 0 unspecified atom stereocenters. The number of allylic oxidation sites excluding steroid dienone is 2. The number of methoxy groups -OCH3 is 2. The van der Waals surface area contributed by atoms with Crippen LogP contribution in [0.1, 0.15) is 12.8 Å². The van der Waals surface area contributed by atoms with Crippen LogP contribution < -0.4 is 0 Å². The fraction of sp³-hybridized carbons (Fsp3) is 0.600. The monoisotopic (exact) mass is 198 g/mol. The normalized spacial score (nSPS) is 25.6. The maximum Gasteiger partial charge on any atom is 0.309 e.